The van der Waals surface area contributed by atoms with Crippen LogP contribution in [0.15, 0.2) is 76.2 Å². The Bertz CT molecular complexity index is 1670. The van der Waals surface area contributed by atoms with Gasteiger partial charge >= 0.3 is 12.0 Å². The zero-order chi connectivity index (χ0) is 32.5. The Morgan fingerprint density at radius 3 is 2.33 bits per heavy atom. The van der Waals surface area contributed by atoms with Crippen molar-refractivity contribution in [1.29, 1.82) is 0 Å². The number of rotatable bonds is 7. The smallest absolute Gasteiger partial charge is 0.326 e. The minimum atomic E-state index is -1.24. The van der Waals surface area contributed by atoms with E-state index < -0.39 is 41.9 Å². The Labute approximate surface area is 274 Å². The summed E-state index contributed by atoms with van der Waals surface area (Å²) in [5.41, 5.74) is 1.48. The molecule has 3 aromatic rings. The first-order chi connectivity index (χ1) is 21.3. The summed E-state index contributed by atoms with van der Waals surface area (Å²) in [6.07, 6.45) is -0.679. The van der Waals surface area contributed by atoms with Gasteiger partial charge in [0, 0.05) is 28.1 Å². The molecular weight excluding hydrogens is 664 g/mol. The second kappa shape index (κ2) is 13.0. The van der Waals surface area contributed by atoms with Crippen LogP contribution in [0.2, 0.25) is 5.02 Å². The third-order valence-electron chi connectivity index (χ3n) is 7.28. The van der Waals surface area contributed by atoms with Gasteiger partial charge in [-0.3, -0.25) is 24.3 Å². The highest BCUT2D eigenvalue weighted by molar-refractivity contribution is 9.10. The molecule has 0 aromatic heterocycles. The van der Waals surface area contributed by atoms with Gasteiger partial charge in [-0.15, -0.1) is 0 Å². The van der Waals surface area contributed by atoms with Crippen molar-refractivity contribution in [2.45, 2.75) is 44.9 Å². The van der Waals surface area contributed by atoms with Crippen LogP contribution in [0.4, 0.5) is 4.79 Å². The number of piperazine rings is 1. The monoisotopic (exact) mass is 694 g/mol. The fourth-order valence-corrected chi connectivity index (χ4v) is 5.73. The van der Waals surface area contributed by atoms with Gasteiger partial charge in [0.15, 0.2) is 5.78 Å². The standard InChI is InChI=1S/C33H32BrClN4O6/c1-33(2,3)45-26-16-21(25(40)17-28(42)43)8-13-24(26)31-37-29(19-6-11-23(35)12-7-19)30(20-4-9-22(34)10-5-20)39(31)32(44)38-15-14-36-27(41)18-38/h4-13,16,29-30H,14-15,17-18H2,1-3H3,(H,36,41)(H,42,43)/t29-,30+/m0/s1. The first-order valence-corrected chi connectivity index (χ1v) is 15.5. The number of benzene rings is 3. The van der Waals surface area contributed by atoms with Crippen LogP contribution in [-0.2, 0) is 9.59 Å². The first-order valence-electron chi connectivity index (χ1n) is 14.3. The number of halogens is 2. The molecule has 10 nitrogen and oxygen atoms in total. The number of Topliss-reactive ketones (excluding diaryl/α,β-unsaturated/α-hetero) is 1. The number of ketones is 1. The van der Waals surface area contributed by atoms with Crippen molar-refractivity contribution in [3.05, 3.63) is 98.5 Å². The van der Waals surface area contributed by atoms with E-state index in [-0.39, 0.29) is 29.6 Å². The number of urea groups is 1. The van der Waals surface area contributed by atoms with Gasteiger partial charge in [-0.2, -0.15) is 0 Å². The summed E-state index contributed by atoms with van der Waals surface area (Å²) in [6, 6.07) is 17.9. The second-order valence-corrected chi connectivity index (χ2v) is 13.1. The maximum absolute atomic E-state index is 14.5. The van der Waals surface area contributed by atoms with Crippen LogP contribution in [0.1, 0.15) is 66.3 Å². The number of hydrogen-bond acceptors (Lipinski definition) is 6. The minimum absolute atomic E-state index is 0.116. The van der Waals surface area contributed by atoms with Crippen LogP contribution in [0.25, 0.3) is 0 Å². The average Bonchev–Trinajstić information content (AvgIpc) is 3.36. The number of nitrogens with zero attached hydrogens (tertiary/aromatic N) is 3. The predicted octanol–water partition coefficient (Wildman–Crippen LogP) is 6.03. The summed E-state index contributed by atoms with van der Waals surface area (Å²) in [7, 11) is 0. The number of carboxylic acid groups (broad SMARTS) is 1. The number of hydrogen-bond donors (Lipinski definition) is 2. The highest BCUT2D eigenvalue weighted by Gasteiger charge is 2.45. The fraction of sp³-hybridized carbons (Fsp3) is 0.303. The summed E-state index contributed by atoms with van der Waals surface area (Å²) in [4.78, 5) is 59.1. The number of nitrogens with one attached hydrogen (secondary N) is 1. The van der Waals surface area contributed by atoms with Crippen molar-refractivity contribution >= 4 is 57.1 Å². The quantitative estimate of drug-likeness (QED) is 0.229. The van der Waals surface area contributed by atoms with Gasteiger partial charge in [-0.25, -0.2) is 4.79 Å². The summed E-state index contributed by atoms with van der Waals surface area (Å²) in [5.74, 6) is -1.54. The van der Waals surface area contributed by atoms with Crippen LogP contribution in [-0.4, -0.2) is 69.7 Å². The molecule has 0 aliphatic carbocycles. The Morgan fingerprint density at radius 2 is 1.71 bits per heavy atom. The van der Waals surface area contributed by atoms with E-state index in [0.29, 0.717) is 23.7 Å². The van der Waals surface area contributed by atoms with Gasteiger partial charge in [-0.05, 0) is 68.3 Å². The molecule has 0 saturated carbocycles. The van der Waals surface area contributed by atoms with Crippen molar-refractivity contribution in [2.75, 3.05) is 19.6 Å². The molecule has 0 bridgehead atoms. The topological polar surface area (TPSA) is 129 Å². The van der Waals surface area contributed by atoms with Crippen LogP contribution in [0, 0.1) is 0 Å². The van der Waals surface area contributed by atoms with Gasteiger partial charge in [0.1, 0.15) is 36.2 Å². The van der Waals surface area contributed by atoms with E-state index in [0.717, 1.165) is 15.6 Å². The van der Waals surface area contributed by atoms with Crippen molar-refractivity contribution in [2.24, 2.45) is 4.99 Å². The van der Waals surface area contributed by atoms with Gasteiger partial charge in [0.25, 0.3) is 0 Å². The molecule has 12 heteroatoms. The third-order valence-corrected chi connectivity index (χ3v) is 8.06. The predicted molar refractivity (Wildman–Crippen MR) is 173 cm³/mol. The molecule has 2 heterocycles. The normalized spacial score (nSPS) is 18.3. The molecule has 1 fully saturated rings. The zero-order valence-electron chi connectivity index (χ0n) is 24.9. The molecule has 0 radical (unpaired) electrons. The van der Waals surface area contributed by atoms with E-state index in [4.69, 9.17) is 21.3 Å². The molecule has 0 unspecified atom stereocenters. The number of carboxylic acids is 1. The van der Waals surface area contributed by atoms with Crippen LogP contribution >= 0.6 is 27.5 Å². The van der Waals surface area contributed by atoms with Gasteiger partial charge in [0.05, 0.1) is 11.6 Å². The fourth-order valence-electron chi connectivity index (χ4n) is 5.34. The maximum Gasteiger partial charge on any atom is 0.326 e. The van der Waals surface area contributed by atoms with E-state index in [1.165, 1.54) is 17.0 Å². The number of amidine groups is 1. The molecular formula is C33H32BrClN4O6. The van der Waals surface area contributed by atoms with Gasteiger partial charge in [0.2, 0.25) is 5.91 Å². The number of aliphatic carboxylic acids is 1. The first kappa shape index (κ1) is 32.2. The van der Waals surface area contributed by atoms with Crippen LogP contribution in [0.5, 0.6) is 5.75 Å². The van der Waals surface area contributed by atoms with Crippen molar-refractivity contribution in [3.63, 3.8) is 0 Å². The molecule has 3 aromatic carbocycles. The Hall–Kier alpha value is -4.22. The van der Waals surface area contributed by atoms with Crippen molar-refractivity contribution < 1.29 is 29.0 Å². The van der Waals surface area contributed by atoms with E-state index in [9.17, 15) is 24.3 Å². The highest BCUT2D eigenvalue weighted by atomic mass is 79.9. The molecule has 0 spiro atoms. The van der Waals surface area contributed by atoms with E-state index >= 15 is 0 Å². The van der Waals surface area contributed by atoms with E-state index in [1.54, 1.807) is 23.1 Å². The Morgan fingerprint density at radius 1 is 1.04 bits per heavy atom. The number of amides is 3. The molecule has 2 aliphatic rings. The van der Waals surface area contributed by atoms with Gasteiger partial charge in [-0.1, -0.05) is 57.9 Å². The van der Waals surface area contributed by atoms with Crippen LogP contribution < -0.4 is 10.1 Å². The zero-order valence-corrected chi connectivity index (χ0v) is 27.3. The van der Waals surface area contributed by atoms with Crippen molar-refractivity contribution in [1.82, 2.24) is 15.1 Å². The third kappa shape index (κ3) is 7.37. The highest BCUT2D eigenvalue weighted by Crippen LogP contribution is 2.46. The molecule has 2 atom stereocenters. The summed E-state index contributed by atoms with van der Waals surface area (Å²) < 4.78 is 7.19. The molecule has 2 N–H and O–H groups in total. The second-order valence-electron chi connectivity index (χ2n) is 11.8. The molecule has 234 valence electrons. The number of carbonyl (C=O) groups is 4. The SMILES string of the molecule is CC(C)(C)Oc1cc(C(=O)CC(=O)O)ccc1C1=N[C@@H](c2ccc(Cl)cc2)[C@@H](c2ccc(Br)cc2)N1C(=O)N1CCNC(=O)C1. The summed E-state index contributed by atoms with van der Waals surface area (Å²) >= 11 is 9.73. The summed E-state index contributed by atoms with van der Waals surface area (Å²) in [6.45, 7) is 6.03. The lowest BCUT2D eigenvalue weighted by atomic mass is 9.93. The van der Waals surface area contributed by atoms with Gasteiger partial charge < -0.3 is 20.1 Å². The van der Waals surface area contributed by atoms with Crippen molar-refractivity contribution in [3.8, 4) is 5.75 Å². The lowest BCUT2D eigenvalue weighted by Crippen LogP contribution is -2.55. The molecule has 5 rings (SSSR count). The number of aliphatic imine (C=N–C) groups is 1. The summed E-state index contributed by atoms with van der Waals surface area (Å²) in [5, 5.41) is 12.5. The van der Waals surface area contributed by atoms with E-state index in [2.05, 4.69) is 21.2 Å². The molecule has 3 amide bonds. The molecule has 1 saturated heterocycles. The Kier molecular flexibility index (Phi) is 9.31. The number of carbonyl (C=O) groups excluding carboxylic acids is 3. The molecule has 2 aliphatic heterocycles. The largest absolute Gasteiger partial charge is 0.487 e. The van der Waals surface area contributed by atoms with E-state index in [1.807, 2.05) is 57.2 Å². The average molecular weight is 696 g/mol. The Balaban J connectivity index is 1.72. The molecule has 45 heavy (non-hydrogen) atoms. The van der Waals surface area contributed by atoms with Crippen LogP contribution in [0.3, 0.4) is 0 Å². The minimum Gasteiger partial charge on any atom is -0.487 e. The maximum atomic E-state index is 14.5. The lowest BCUT2D eigenvalue weighted by molar-refractivity contribution is -0.136. The lowest BCUT2D eigenvalue weighted by Gasteiger charge is -2.36. The number of ether oxygens (including phenoxy) is 1.